The normalized spacial score (nSPS) is 14.5. The molecule has 0 saturated carbocycles. The van der Waals surface area contributed by atoms with E-state index in [1.165, 1.54) is 0 Å². The Morgan fingerprint density at radius 3 is 2.56 bits per heavy atom. The molecule has 0 saturated heterocycles. The highest BCUT2D eigenvalue weighted by atomic mass is 16.3. The zero-order chi connectivity index (χ0) is 12.4. The van der Waals surface area contributed by atoms with E-state index in [9.17, 15) is 4.79 Å². The van der Waals surface area contributed by atoms with Crippen LogP contribution in [0.25, 0.3) is 0 Å². The molecule has 0 fully saturated rings. The smallest absolute Gasteiger partial charge is 0.236 e. The molecule has 0 aliphatic rings. The number of aliphatic hydroxyl groups excluding tert-OH is 1. The van der Waals surface area contributed by atoms with E-state index in [2.05, 4.69) is 17.6 Å². The van der Waals surface area contributed by atoms with Gasteiger partial charge in [-0.25, -0.2) is 0 Å². The average molecular weight is 230 g/mol. The number of hydrogen-bond acceptors (Lipinski definition) is 3. The van der Waals surface area contributed by atoms with Crippen LogP contribution in [0.3, 0.4) is 0 Å². The fraction of sp³-hybridized carbons (Fsp3) is 0.917. The minimum Gasteiger partial charge on any atom is -0.396 e. The Morgan fingerprint density at radius 1 is 1.31 bits per heavy atom. The van der Waals surface area contributed by atoms with Crippen LogP contribution in [0.5, 0.6) is 0 Å². The Labute approximate surface area is 98.8 Å². The highest BCUT2D eigenvalue weighted by molar-refractivity contribution is 5.81. The summed E-state index contributed by atoms with van der Waals surface area (Å²) in [7, 11) is 0. The third-order valence-electron chi connectivity index (χ3n) is 2.56. The van der Waals surface area contributed by atoms with Crippen molar-refractivity contribution in [1.82, 2.24) is 10.6 Å². The summed E-state index contributed by atoms with van der Waals surface area (Å²) in [4.78, 5) is 11.6. The van der Waals surface area contributed by atoms with Gasteiger partial charge in [0.2, 0.25) is 5.91 Å². The number of carbonyl (C=O) groups excluding carboxylic acids is 1. The monoisotopic (exact) mass is 230 g/mol. The third-order valence-corrected chi connectivity index (χ3v) is 2.56. The van der Waals surface area contributed by atoms with E-state index in [0.29, 0.717) is 6.54 Å². The van der Waals surface area contributed by atoms with Crippen LogP contribution in [0.1, 0.15) is 40.0 Å². The lowest BCUT2D eigenvalue weighted by molar-refractivity contribution is -0.122. The largest absolute Gasteiger partial charge is 0.396 e. The number of aliphatic hydroxyl groups is 1. The van der Waals surface area contributed by atoms with Crippen molar-refractivity contribution < 1.29 is 9.90 Å². The van der Waals surface area contributed by atoms with E-state index in [1.807, 2.05) is 13.8 Å². The molecule has 0 radical (unpaired) electrons. The molecule has 0 aromatic rings. The first kappa shape index (κ1) is 15.4. The van der Waals surface area contributed by atoms with Gasteiger partial charge < -0.3 is 15.7 Å². The van der Waals surface area contributed by atoms with Crippen LogP contribution in [-0.4, -0.2) is 36.8 Å². The molecule has 0 bridgehead atoms. The molecule has 4 heteroatoms. The van der Waals surface area contributed by atoms with E-state index in [-0.39, 0.29) is 24.5 Å². The molecule has 1 amide bonds. The predicted octanol–water partition coefficient (Wildman–Crippen LogP) is 0.899. The number of amides is 1. The van der Waals surface area contributed by atoms with Gasteiger partial charge in [0.25, 0.3) is 0 Å². The molecule has 0 aromatic carbocycles. The second kappa shape index (κ2) is 9.60. The molecule has 0 heterocycles. The molecular weight excluding hydrogens is 204 g/mol. The first-order valence-corrected chi connectivity index (χ1v) is 6.23. The zero-order valence-electron chi connectivity index (χ0n) is 10.8. The average Bonchev–Trinajstić information content (AvgIpc) is 2.30. The van der Waals surface area contributed by atoms with Gasteiger partial charge in [-0.05, 0) is 19.3 Å². The summed E-state index contributed by atoms with van der Waals surface area (Å²) in [6.45, 7) is 7.51. The van der Waals surface area contributed by atoms with Crippen molar-refractivity contribution >= 4 is 5.91 Å². The lowest BCUT2D eigenvalue weighted by Crippen LogP contribution is -2.44. The summed E-state index contributed by atoms with van der Waals surface area (Å²) in [5, 5.41) is 14.8. The molecular formula is C12H26N2O2. The second-order valence-corrected chi connectivity index (χ2v) is 4.42. The molecule has 96 valence electrons. The van der Waals surface area contributed by atoms with Crippen LogP contribution in [0.4, 0.5) is 0 Å². The summed E-state index contributed by atoms with van der Waals surface area (Å²) in [5.74, 6) is 0.233. The minimum absolute atomic E-state index is 0.0428. The molecule has 4 nitrogen and oxygen atoms in total. The van der Waals surface area contributed by atoms with E-state index >= 15 is 0 Å². The molecule has 2 unspecified atom stereocenters. The summed E-state index contributed by atoms with van der Waals surface area (Å²) in [6.07, 6.45) is 3.36. The molecule has 3 N–H and O–H groups in total. The molecule has 0 aliphatic carbocycles. The van der Waals surface area contributed by atoms with Crippen LogP contribution in [0, 0.1) is 5.92 Å². The maximum absolute atomic E-state index is 11.6. The van der Waals surface area contributed by atoms with Gasteiger partial charge in [0.05, 0.1) is 6.04 Å². The number of nitrogens with one attached hydrogen (secondary N) is 2. The van der Waals surface area contributed by atoms with Gasteiger partial charge in [0.15, 0.2) is 0 Å². The van der Waals surface area contributed by atoms with Crippen molar-refractivity contribution in [3.63, 3.8) is 0 Å². The topological polar surface area (TPSA) is 61.4 Å². The first-order chi connectivity index (χ1) is 7.61. The summed E-state index contributed by atoms with van der Waals surface area (Å²) >= 11 is 0. The summed E-state index contributed by atoms with van der Waals surface area (Å²) in [6, 6.07) is -0.185. The van der Waals surface area contributed by atoms with E-state index in [0.717, 1.165) is 25.8 Å². The van der Waals surface area contributed by atoms with Crippen molar-refractivity contribution in [2.45, 2.75) is 46.1 Å². The Hall–Kier alpha value is -0.610. The summed E-state index contributed by atoms with van der Waals surface area (Å²) in [5.41, 5.74) is 0. The quantitative estimate of drug-likeness (QED) is 0.516. The Bertz CT molecular complexity index is 186. The number of hydrogen-bond donors (Lipinski definition) is 3. The molecule has 2 atom stereocenters. The fourth-order valence-electron chi connectivity index (χ4n) is 1.27. The van der Waals surface area contributed by atoms with Gasteiger partial charge >= 0.3 is 0 Å². The predicted molar refractivity (Wildman–Crippen MR) is 66.2 cm³/mol. The summed E-state index contributed by atoms with van der Waals surface area (Å²) < 4.78 is 0. The molecule has 0 aromatic heterocycles. The van der Waals surface area contributed by atoms with Crippen molar-refractivity contribution in [2.24, 2.45) is 5.92 Å². The lowest BCUT2D eigenvalue weighted by atomic mass is 10.2. The molecule has 16 heavy (non-hydrogen) atoms. The van der Waals surface area contributed by atoms with Crippen LogP contribution < -0.4 is 10.6 Å². The number of unbranched alkanes of at least 4 members (excludes halogenated alkanes) is 2. The second-order valence-electron chi connectivity index (χ2n) is 4.42. The van der Waals surface area contributed by atoms with Crippen molar-refractivity contribution in [3.05, 3.63) is 0 Å². The molecule has 0 aliphatic heterocycles. The van der Waals surface area contributed by atoms with Crippen LogP contribution in [-0.2, 0) is 4.79 Å². The Balaban J connectivity index is 3.57. The molecule has 0 rings (SSSR count). The van der Waals surface area contributed by atoms with Gasteiger partial charge in [-0.1, -0.05) is 26.7 Å². The van der Waals surface area contributed by atoms with Gasteiger partial charge in [-0.2, -0.15) is 0 Å². The lowest BCUT2D eigenvalue weighted by Gasteiger charge is -2.16. The van der Waals surface area contributed by atoms with Gasteiger partial charge in [-0.3, -0.25) is 4.79 Å². The maximum atomic E-state index is 11.6. The fourth-order valence-corrected chi connectivity index (χ4v) is 1.27. The van der Waals surface area contributed by atoms with Crippen LogP contribution in [0.2, 0.25) is 0 Å². The van der Waals surface area contributed by atoms with Gasteiger partial charge in [0.1, 0.15) is 0 Å². The Kier molecular flexibility index (Phi) is 9.24. The van der Waals surface area contributed by atoms with Gasteiger partial charge in [0, 0.05) is 19.7 Å². The minimum atomic E-state index is -0.185. The highest BCUT2D eigenvalue weighted by Gasteiger charge is 2.12. The van der Waals surface area contributed by atoms with Gasteiger partial charge in [-0.15, -0.1) is 0 Å². The first-order valence-electron chi connectivity index (χ1n) is 6.23. The van der Waals surface area contributed by atoms with Crippen molar-refractivity contribution in [2.75, 3.05) is 19.7 Å². The SMILES string of the molecule is CCCCCNC(=O)C(C)NCC(C)CO. The van der Waals surface area contributed by atoms with Crippen LogP contribution >= 0.6 is 0 Å². The van der Waals surface area contributed by atoms with E-state index in [1.54, 1.807) is 0 Å². The Morgan fingerprint density at radius 2 is 2.00 bits per heavy atom. The van der Waals surface area contributed by atoms with Crippen molar-refractivity contribution in [1.29, 1.82) is 0 Å². The third kappa shape index (κ3) is 7.65. The van der Waals surface area contributed by atoms with E-state index in [4.69, 9.17) is 5.11 Å². The number of carbonyl (C=O) groups is 1. The standard InChI is InChI=1S/C12H26N2O2/c1-4-5-6-7-13-12(16)11(3)14-8-10(2)9-15/h10-11,14-15H,4-9H2,1-3H3,(H,13,16). The maximum Gasteiger partial charge on any atom is 0.236 e. The molecule has 0 spiro atoms. The van der Waals surface area contributed by atoms with Crippen molar-refractivity contribution in [3.8, 4) is 0 Å². The van der Waals surface area contributed by atoms with Crippen LogP contribution in [0.15, 0.2) is 0 Å². The number of rotatable bonds is 9. The zero-order valence-corrected chi connectivity index (χ0v) is 10.8. The highest BCUT2D eigenvalue weighted by Crippen LogP contribution is 1.93. The van der Waals surface area contributed by atoms with E-state index < -0.39 is 0 Å².